The molecule has 1 aromatic rings. The second-order valence-corrected chi connectivity index (χ2v) is 4.32. The van der Waals surface area contributed by atoms with Gasteiger partial charge in [0.15, 0.2) is 0 Å². The molecule has 1 atom stereocenters. The van der Waals surface area contributed by atoms with Gasteiger partial charge >= 0.3 is 0 Å². The summed E-state index contributed by atoms with van der Waals surface area (Å²) in [4.78, 5) is 11.0. The van der Waals surface area contributed by atoms with Crippen molar-refractivity contribution in [3.63, 3.8) is 0 Å². The number of hydrogen-bond acceptors (Lipinski definition) is 1. The van der Waals surface area contributed by atoms with Gasteiger partial charge in [-0.1, -0.05) is 13.0 Å². The molecule has 0 saturated heterocycles. The minimum atomic E-state index is -0.274. The van der Waals surface area contributed by atoms with Crippen molar-refractivity contribution in [3.05, 3.63) is 34.1 Å². The van der Waals surface area contributed by atoms with Gasteiger partial charge in [0.05, 0.1) is 4.47 Å². The van der Waals surface area contributed by atoms with Crippen LogP contribution in [-0.4, -0.2) is 5.78 Å². The summed E-state index contributed by atoms with van der Waals surface area (Å²) < 4.78 is 13.3. The first-order valence-electron chi connectivity index (χ1n) is 4.45. The maximum atomic E-state index is 12.9. The van der Waals surface area contributed by atoms with Gasteiger partial charge in [0, 0.05) is 5.92 Å². The smallest absolute Gasteiger partial charge is 0.137 e. The molecule has 76 valence electrons. The average molecular weight is 259 g/mol. The molecule has 0 fully saturated rings. The van der Waals surface area contributed by atoms with Gasteiger partial charge in [-0.3, -0.25) is 4.79 Å². The van der Waals surface area contributed by atoms with Crippen LogP contribution in [-0.2, 0) is 11.2 Å². The maximum absolute atomic E-state index is 12.9. The molecule has 0 heterocycles. The van der Waals surface area contributed by atoms with E-state index in [1.807, 2.05) is 6.92 Å². The number of benzene rings is 1. The van der Waals surface area contributed by atoms with Crippen molar-refractivity contribution in [2.45, 2.75) is 20.3 Å². The van der Waals surface area contributed by atoms with Gasteiger partial charge in [0.2, 0.25) is 0 Å². The Labute approximate surface area is 91.5 Å². The minimum Gasteiger partial charge on any atom is -0.300 e. The average Bonchev–Trinajstić information content (AvgIpc) is 2.11. The zero-order chi connectivity index (χ0) is 10.7. The van der Waals surface area contributed by atoms with E-state index >= 15 is 0 Å². The molecule has 1 rings (SSSR count). The van der Waals surface area contributed by atoms with E-state index in [-0.39, 0.29) is 17.5 Å². The van der Waals surface area contributed by atoms with Crippen LogP contribution in [0.5, 0.6) is 0 Å². The molecule has 0 amide bonds. The van der Waals surface area contributed by atoms with Crippen LogP contribution < -0.4 is 0 Å². The third-order valence-electron chi connectivity index (χ3n) is 2.22. The summed E-state index contributed by atoms with van der Waals surface area (Å²) in [5.41, 5.74) is 0.973. The zero-order valence-corrected chi connectivity index (χ0v) is 9.77. The number of Topliss-reactive ketones (excluding diaryl/α,β-unsaturated/α-hetero) is 1. The maximum Gasteiger partial charge on any atom is 0.137 e. The molecule has 1 nitrogen and oxygen atoms in total. The van der Waals surface area contributed by atoms with E-state index in [2.05, 4.69) is 15.9 Å². The third kappa shape index (κ3) is 2.91. The van der Waals surface area contributed by atoms with Crippen molar-refractivity contribution in [1.82, 2.24) is 0 Å². The van der Waals surface area contributed by atoms with Gasteiger partial charge in [0.25, 0.3) is 0 Å². The fourth-order valence-electron chi connectivity index (χ4n) is 1.16. The summed E-state index contributed by atoms with van der Waals surface area (Å²) >= 11 is 3.11. The van der Waals surface area contributed by atoms with E-state index in [4.69, 9.17) is 0 Å². The molecule has 0 bridgehead atoms. The topological polar surface area (TPSA) is 17.1 Å². The molecule has 0 aliphatic heterocycles. The lowest BCUT2D eigenvalue weighted by Crippen LogP contribution is -2.09. The molecule has 0 N–H and O–H groups in total. The SMILES string of the molecule is CC(=O)C(C)Cc1ccc(F)c(Br)c1. The van der Waals surface area contributed by atoms with Crippen molar-refractivity contribution in [1.29, 1.82) is 0 Å². The number of rotatable bonds is 3. The molecule has 1 unspecified atom stereocenters. The molecule has 0 spiro atoms. The number of carbonyl (C=O) groups excluding carboxylic acids is 1. The molecule has 0 aliphatic carbocycles. The van der Waals surface area contributed by atoms with Crippen LogP contribution in [0.25, 0.3) is 0 Å². The highest BCUT2D eigenvalue weighted by atomic mass is 79.9. The van der Waals surface area contributed by atoms with Gasteiger partial charge in [-0.05, 0) is 47.0 Å². The van der Waals surface area contributed by atoms with Crippen LogP contribution >= 0.6 is 15.9 Å². The molecule has 3 heteroatoms. The highest BCUT2D eigenvalue weighted by molar-refractivity contribution is 9.10. The lowest BCUT2D eigenvalue weighted by atomic mass is 9.98. The van der Waals surface area contributed by atoms with Crippen LogP contribution in [0.2, 0.25) is 0 Å². The third-order valence-corrected chi connectivity index (χ3v) is 2.83. The first-order valence-corrected chi connectivity index (χ1v) is 5.24. The Balaban J connectivity index is 2.78. The Hall–Kier alpha value is -0.700. The zero-order valence-electron chi connectivity index (χ0n) is 8.18. The predicted octanol–water partition coefficient (Wildman–Crippen LogP) is 3.36. The van der Waals surface area contributed by atoms with E-state index in [0.29, 0.717) is 10.9 Å². The van der Waals surface area contributed by atoms with Gasteiger partial charge in [-0.25, -0.2) is 4.39 Å². The van der Waals surface area contributed by atoms with E-state index in [0.717, 1.165) is 5.56 Å². The molecular weight excluding hydrogens is 247 g/mol. The van der Waals surface area contributed by atoms with Crippen LogP contribution in [0.1, 0.15) is 19.4 Å². The van der Waals surface area contributed by atoms with E-state index in [1.54, 1.807) is 19.1 Å². The van der Waals surface area contributed by atoms with Gasteiger partial charge < -0.3 is 0 Å². The van der Waals surface area contributed by atoms with Gasteiger partial charge in [0.1, 0.15) is 11.6 Å². The van der Waals surface area contributed by atoms with E-state index < -0.39 is 0 Å². The number of carbonyl (C=O) groups is 1. The summed E-state index contributed by atoms with van der Waals surface area (Å²) in [5.74, 6) is -0.123. The van der Waals surface area contributed by atoms with Crippen LogP contribution in [0.3, 0.4) is 0 Å². The molecule has 0 aliphatic rings. The Morgan fingerprint density at radius 2 is 2.21 bits per heavy atom. The second-order valence-electron chi connectivity index (χ2n) is 3.46. The molecule has 0 saturated carbocycles. The predicted molar refractivity (Wildman–Crippen MR) is 57.6 cm³/mol. The first kappa shape index (κ1) is 11.4. The highest BCUT2D eigenvalue weighted by Gasteiger charge is 2.09. The highest BCUT2D eigenvalue weighted by Crippen LogP contribution is 2.19. The standard InChI is InChI=1S/C11H12BrFO/c1-7(8(2)14)5-9-3-4-11(13)10(12)6-9/h3-4,6-7H,5H2,1-2H3. The Morgan fingerprint density at radius 3 is 2.71 bits per heavy atom. The summed E-state index contributed by atoms with van der Waals surface area (Å²) in [5, 5.41) is 0. The Kier molecular flexibility index (Phi) is 3.81. The lowest BCUT2D eigenvalue weighted by molar-refractivity contribution is -0.120. The summed E-state index contributed by atoms with van der Waals surface area (Å²) in [6, 6.07) is 4.83. The molecule has 14 heavy (non-hydrogen) atoms. The number of halogens is 2. The fourth-order valence-corrected chi connectivity index (χ4v) is 1.59. The Bertz CT molecular complexity index is 349. The van der Waals surface area contributed by atoms with E-state index in [9.17, 15) is 9.18 Å². The van der Waals surface area contributed by atoms with Crippen molar-refractivity contribution in [2.24, 2.45) is 5.92 Å². The van der Waals surface area contributed by atoms with Crippen molar-refractivity contribution in [2.75, 3.05) is 0 Å². The molecule has 1 aromatic carbocycles. The number of hydrogen-bond donors (Lipinski definition) is 0. The lowest BCUT2D eigenvalue weighted by Gasteiger charge is -2.07. The normalized spacial score (nSPS) is 12.6. The van der Waals surface area contributed by atoms with Crippen LogP contribution in [0.15, 0.2) is 22.7 Å². The second kappa shape index (κ2) is 4.69. The fraction of sp³-hybridized carbons (Fsp3) is 0.364. The molecule has 0 radical (unpaired) electrons. The van der Waals surface area contributed by atoms with Crippen molar-refractivity contribution >= 4 is 21.7 Å². The van der Waals surface area contributed by atoms with Crippen molar-refractivity contribution < 1.29 is 9.18 Å². The van der Waals surface area contributed by atoms with Crippen LogP contribution in [0.4, 0.5) is 4.39 Å². The summed E-state index contributed by atoms with van der Waals surface area (Å²) in [6.45, 7) is 3.45. The Morgan fingerprint density at radius 1 is 1.57 bits per heavy atom. The molecule has 0 aromatic heterocycles. The summed E-state index contributed by atoms with van der Waals surface area (Å²) in [7, 11) is 0. The minimum absolute atomic E-state index is 0.00707. The first-order chi connectivity index (χ1) is 6.50. The van der Waals surface area contributed by atoms with Crippen LogP contribution in [0, 0.1) is 11.7 Å². The van der Waals surface area contributed by atoms with Gasteiger partial charge in [-0.15, -0.1) is 0 Å². The quantitative estimate of drug-likeness (QED) is 0.813. The van der Waals surface area contributed by atoms with Crippen molar-refractivity contribution in [3.8, 4) is 0 Å². The number of ketones is 1. The monoisotopic (exact) mass is 258 g/mol. The van der Waals surface area contributed by atoms with E-state index in [1.165, 1.54) is 6.07 Å². The van der Waals surface area contributed by atoms with Gasteiger partial charge in [-0.2, -0.15) is 0 Å². The summed E-state index contributed by atoms with van der Waals surface area (Å²) in [6.07, 6.45) is 0.661. The largest absolute Gasteiger partial charge is 0.300 e. The molecular formula is C11H12BrFO.